The summed E-state index contributed by atoms with van der Waals surface area (Å²) in [5, 5.41) is 3.60. The lowest BCUT2D eigenvalue weighted by molar-refractivity contribution is 0.582. The van der Waals surface area contributed by atoms with Crippen LogP contribution >= 0.6 is 11.3 Å². The van der Waals surface area contributed by atoms with Crippen LogP contribution in [0.5, 0.6) is 0 Å². The van der Waals surface area contributed by atoms with Gasteiger partial charge in [0.25, 0.3) is 0 Å². The maximum absolute atomic E-state index is 13.7. The van der Waals surface area contributed by atoms with Crippen molar-refractivity contribution in [2.75, 3.05) is 5.32 Å². The zero-order valence-corrected chi connectivity index (χ0v) is 11.3. The second-order valence-corrected chi connectivity index (χ2v) is 5.44. The zero-order valence-electron chi connectivity index (χ0n) is 10.5. The summed E-state index contributed by atoms with van der Waals surface area (Å²) >= 11 is 1.53. The second kappa shape index (κ2) is 5.02. The molecule has 2 aromatic rings. The number of hydrogen-bond acceptors (Lipinski definition) is 3. The van der Waals surface area contributed by atoms with Crippen molar-refractivity contribution in [3.8, 4) is 0 Å². The lowest BCUT2D eigenvalue weighted by Gasteiger charge is -2.08. The Hall–Kier alpha value is -1.49. The maximum atomic E-state index is 13.7. The maximum Gasteiger partial charge on any atom is 0.152 e. The van der Waals surface area contributed by atoms with Crippen LogP contribution in [0.2, 0.25) is 0 Å². The molecule has 0 saturated carbocycles. The van der Waals surface area contributed by atoms with E-state index in [2.05, 4.69) is 10.3 Å². The number of halogens is 2. The van der Waals surface area contributed by atoms with Crippen molar-refractivity contribution in [3.05, 3.63) is 44.9 Å². The molecule has 1 aromatic carbocycles. The zero-order chi connectivity index (χ0) is 13.3. The largest absolute Gasteiger partial charge is 0.374 e. The summed E-state index contributed by atoms with van der Waals surface area (Å²) in [6.45, 7) is 5.84. The molecule has 0 spiro atoms. The molecule has 0 radical (unpaired) electrons. The fourth-order valence-corrected chi connectivity index (χ4v) is 2.47. The highest BCUT2D eigenvalue weighted by Gasteiger charge is 2.12. The molecule has 5 heteroatoms. The Kier molecular flexibility index (Phi) is 3.61. The molecule has 0 fully saturated rings. The van der Waals surface area contributed by atoms with E-state index in [1.54, 1.807) is 6.92 Å². The number of nitrogens with zero attached hydrogens (tertiary/aromatic N) is 1. The highest BCUT2D eigenvalue weighted by Crippen LogP contribution is 2.23. The van der Waals surface area contributed by atoms with Gasteiger partial charge in [-0.25, -0.2) is 13.8 Å². The molecule has 18 heavy (non-hydrogen) atoms. The van der Waals surface area contributed by atoms with E-state index in [0.717, 1.165) is 15.6 Å². The van der Waals surface area contributed by atoms with E-state index in [-0.39, 0.29) is 5.69 Å². The number of nitrogens with one attached hydrogen (secondary N) is 1. The highest BCUT2D eigenvalue weighted by atomic mass is 32.1. The molecule has 0 amide bonds. The van der Waals surface area contributed by atoms with Gasteiger partial charge in [-0.05, 0) is 32.4 Å². The van der Waals surface area contributed by atoms with Gasteiger partial charge in [0.2, 0.25) is 0 Å². The molecule has 0 aliphatic rings. The first-order valence-electron chi connectivity index (χ1n) is 5.60. The summed E-state index contributed by atoms with van der Waals surface area (Å²) in [5.74, 6) is -1.12. The van der Waals surface area contributed by atoms with E-state index in [1.165, 1.54) is 23.5 Å². The molecular weight excluding hydrogens is 254 g/mol. The molecule has 96 valence electrons. The Bertz CT molecular complexity index is 559. The van der Waals surface area contributed by atoms with E-state index >= 15 is 0 Å². The molecule has 1 N–H and O–H groups in total. The molecule has 0 aliphatic carbocycles. The lowest BCUT2D eigenvalue weighted by atomic mass is 10.2. The van der Waals surface area contributed by atoms with Crippen LogP contribution in [0.3, 0.4) is 0 Å². The Morgan fingerprint density at radius 1 is 1.22 bits per heavy atom. The Morgan fingerprint density at radius 3 is 2.56 bits per heavy atom. The topological polar surface area (TPSA) is 24.9 Å². The third-order valence-electron chi connectivity index (χ3n) is 2.77. The monoisotopic (exact) mass is 268 g/mol. The van der Waals surface area contributed by atoms with E-state index < -0.39 is 11.6 Å². The van der Waals surface area contributed by atoms with Crippen LogP contribution in [0.15, 0.2) is 12.1 Å². The number of aromatic nitrogens is 1. The number of benzene rings is 1. The molecule has 0 unspecified atom stereocenters. The average molecular weight is 268 g/mol. The summed E-state index contributed by atoms with van der Waals surface area (Å²) in [5.41, 5.74) is 1.30. The van der Waals surface area contributed by atoms with Crippen LogP contribution in [-0.2, 0) is 6.54 Å². The van der Waals surface area contributed by atoms with Crippen molar-refractivity contribution in [2.45, 2.75) is 27.3 Å². The van der Waals surface area contributed by atoms with E-state index in [4.69, 9.17) is 0 Å². The third kappa shape index (κ3) is 2.51. The predicted octanol–water partition coefficient (Wildman–Crippen LogP) is 3.96. The van der Waals surface area contributed by atoms with Gasteiger partial charge in [-0.15, -0.1) is 11.3 Å². The van der Waals surface area contributed by atoms with E-state index in [9.17, 15) is 8.78 Å². The van der Waals surface area contributed by atoms with Crippen molar-refractivity contribution >= 4 is 17.0 Å². The van der Waals surface area contributed by atoms with Gasteiger partial charge in [-0.2, -0.15) is 0 Å². The quantitative estimate of drug-likeness (QED) is 0.911. The van der Waals surface area contributed by atoms with Crippen molar-refractivity contribution < 1.29 is 8.78 Å². The first-order valence-corrected chi connectivity index (χ1v) is 6.42. The number of hydrogen-bond donors (Lipinski definition) is 1. The summed E-state index contributed by atoms with van der Waals surface area (Å²) in [4.78, 5) is 5.44. The van der Waals surface area contributed by atoms with Crippen LogP contribution in [0.4, 0.5) is 14.5 Å². The molecule has 0 saturated heterocycles. The average Bonchev–Trinajstić information content (AvgIpc) is 2.64. The normalized spacial score (nSPS) is 10.7. The van der Waals surface area contributed by atoms with Gasteiger partial charge in [-0.1, -0.05) is 6.07 Å². The predicted molar refractivity (Wildman–Crippen MR) is 70.0 cm³/mol. The van der Waals surface area contributed by atoms with E-state index in [0.29, 0.717) is 12.1 Å². The SMILES string of the molecule is Cc1ccc(F)c(NCc2nc(C)c(C)s2)c1F. The molecule has 0 atom stereocenters. The highest BCUT2D eigenvalue weighted by molar-refractivity contribution is 7.11. The Labute approximate surface area is 109 Å². The summed E-state index contributed by atoms with van der Waals surface area (Å²) in [6.07, 6.45) is 0. The van der Waals surface area contributed by atoms with E-state index in [1.807, 2.05) is 13.8 Å². The minimum Gasteiger partial charge on any atom is -0.374 e. The molecule has 1 heterocycles. The second-order valence-electron chi connectivity index (χ2n) is 4.16. The van der Waals surface area contributed by atoms with Crippen molar-refractivity contribution in [2.24, 2.45) is 0 Å². The van der Waals surface area contributed by atoms with Gasteiger partial charge in [0.05, 0.1) is 12.2 Å². The Balaban J connectivity index is 2.18. The number of aryl methyl sites for hydroxylation is 3. The first-order chi connectivity index (χ1) is 8.49. The molecule has 0 aliphatic heterocycles. The van der Waals surface area contributed by atoms with Crippen molar-refractivity contribution in [1.82, 2.24) is 4.98 Å². The fraction of sp³-hybridized carbons (Fsp3) is 0.308. The smallest absolute Gasteiger partial charge is 0.152 e. The Morgan fingerprint density at radius 2 is 1.94 bits per heavy atom. The van der Waals surface area contributed by atoms with Crippen molar-refractivity contribution in [3.63, 3.8) is 0 Å². The van der Waals surface area contributed by atoms with Gasteiger partial charge < -0.3 is 5.32 Å². The minimum absolute atomic E-state index is 0.0829. The van der Waals surface area contributed by atoms with Crippen LogP contribution < -0.4 is 5.32 Å². The van der Waals surface area contributed by atoms with Gasteiger partial charge in [0, 0.05) is 4.88 Å². The van der Waals surface area contributed by atoms with Gasteiger partial charge in [0.1, 0.15) is 16.5 Å². The van der Waals surface area contributed by atoms with Gasteiger partial charge in [-0.3, -0.25) is 0 Å². The van der Waals surface area contributed by atoms with Crippen LogP contribution in [0, 0.1) is 32.4 Å². The molecule has 1 aromatic heterocycles. The summed E-state index contributed by atoms with van der Waals surface area (Å²) in [6, 6.07) is 2.69. The fourth-order valence-electron chi connectivity index (χ4n) is 1.60. The summed E-state index contributed by atoms with van der Waals surface area (Å²) < 4.78 is 27.2. The van der Waals surface area contributed by atoms with Crippen LogP contribution in [0.25, 0.3) is 0 Å². The van der Waals surface area contributed by atoms with Crippen molar-refractivity contribution in [1.29, 1.82) is 0 Å². The van der Waals surface area contributed by atoms with Crippen LogP contribution in [0.1, 0.15) is 21.1 Å². The molecular formula is C13H14F2N2S. The standard InChI is InChI=1S/C13H14F2N2S/c1-7-4-5-10(14)13(12(7)15)16-6-11-17-8(2)9(3)18-11/h4-5,16H,6H2,1-3H3. The molecule has 2 rings (SSSR count). The molecule has 0 bridgehead atoms. The summed E-state index contributed by atoms with van der Waals surface area (Å²) in [7, 11) is 0. The minimum atomic E-state index is -0.580. The third-order valence-corrected chi connectivity index (χ3v) is 3.85. The number of thiazole rings is 1. The first kappa shape index (κ1) is 13.0. The van der Waals surface area contributed by atoms with Gasteiger partial charge >= 0.3 is 0 Å². The van der Waals surface area contributed by atoms with Crippen LogP contribution in [-0.4, -0.2) is 4.98 Å². The number of rotatable bonds is 3. The molecule has 2 nitrogen and oxygen atoms in total. The number of anilines is 1. The lowest BCUT2D eigenvalue weighted by Crippen LogP contribution is -2.04. The van der Waals surface area contributed by atoms with Gasteiger partial charge in [0.15, 0.2) is 5.82 Å².